The van der Waals surface area contributed by atoms with Gasteiger partial charge in [0.05, 0.1) is 24.4 Å². The van der Waals surface area contributed by atoms with E-state index in [1.165, 1.54) is 30.9 Å². The molecular weight excluding hydrogens is 372 g/mol. The first-order valence-corrected chi connectivity index (χ1v) is 9.80. The van der Waals surface area contributed by atoms with Crippen LogP contribution in [0, 0.1) is 0 Å². The average molecular weight is 392 g/mol. The van der Waals surface area contributed by atoms with Crippen molar-refractivity contribution in [2.24, 2.45) is 4.99 Å². The Morgan fingerprint density at radius 3 is 2.39 bits per heavy atom. The summed E-state index contributed by atoms with van der Waals surface area (Å²) in [5.74, 6) is 0.512. The van der Waals surface area contributed by atoms with Crippen LogP contribution in [0.5, 0.6) is 11.5 Å². The number of benzene rings is 3. The van der Waals surface area contributed by atoms with E-state index in [4.69, 9.17) is 9.47 Å². The number of nitrogens with zero attached hydrogens (tertiary/aromatic N) is 2. The summed E-state index contributed by atoms with van der Waals surface area (Å²) in [7, 11) is 3.06. The molecule has 0 radical (unpaired) electrons. The summed E-state index contributed by atoms with van der Waals surface area (Å²) in [6.45, 7) is 2.77. The first-order valence-electron chi connectivity index (χ1n) is 8.99. The number of carbonyl (C=O) groups excluding carboxylic acids is 1. The third-order valence-corrected chi connectivity index (χ3v) is 5.86. The average Bonchev–Trinajstić information content (AvgIpc) is 3.10. The lowest BCUT2D eigenvalue weighted by molar-refractivity contribution is 0.0992. The number of thiazole rings is 1. The Bertz CT molecular complexity index is 1230. The molecule has 3 aromatic carbocycles. The van der Waals surface area contributed by atoms with Crippen LogP contribution in [0.15, 0.2) is 59.6 Å². The van der Waals surface area contributed by atoms with Crippen LogP contribution >= 0.6 is 11.3 Å². The normalized spacial score (nSPS) is 11.9. The number of hydrogen-bond acceptors (Lipinski definition) is 4. The summed E-state index contributed by atoms with van der Waals surface area (Å²) in [6.07, 6.45) is 0. The topological polar surface area (TPSA) is 52.8 Å². The second-order valence-electron chi connectivity index (χ2n) is 6.22. The quantitative estimate of drug-likeness (QED) is 0.509. The minimum absolute atomic E-state index is 0.331. The van der Waals surface area contributed by atoms with Gasteiger partial charge in [-0.2, -0.15) is 4.99 Å². The molecule has 0 unspecified atom stereocenters. The first-order chi connectivity index (χ1) is 13.7. The minimum atomic E-state index is -0.382. The fourth-order valence-corrected chi connectivity index (χ4v) is 4.62. The summed E-state index contributed by atoms with van der Waals surface area (Å²) in [4.78, 5) is 18.2. The van der Waals surface area contributed by atoms with Gasteiger partial charge in [-0.05, 0) is 30.5 Å². The number of methoxy groups -OCH3 is 2. The Morgan fingerprint density at radius 1 is 1.00 bits per heavy atom. The van der Waals surface area contributed by atoms with Gasteiger partial charge < -0.3 is 14.0 Å². The zero-order valence-corrected chi connectivity index (χ0v) is 16.7. The second kappa shape index (κ2) is 7.48. The third-order valence-electron chi connectivity index (χ3n) is 4.73. The SMILES string of the molecule is CCn1c(=NC(=O)c2c(OC)cccc2OC)sc2c3ccccc3ccc21. The van der Waals surface area contributed by atoms with E-state index in [1.807, 2.05) is 12.1 Å². The van der Waals surface area contributed by atoms with Crippen molar-refractivity contribution in [2.45, 2.75) is 13.5 Å². The molecule has 4 aromatic rings. The van der Waals surface area contributed by atoms with Crippen molar-refractivity contribution in [3.8, 4) is 11.5 Å². The number of aryl methyl sites for hydroxylation is 1. The van der Waals surface area contributed by atoms with Gasteiger partial charge in [0, 0.05) is 11.9 Å². The molecule has 142 valence electrons. The lowest BCUT2D eigenvalue weighted by Crippen LogP contribution is -2.16. The predicted octanol–water partition coefficient (Wildman–Crippen LogP) is 4.63. The molecule has 0 aliphatic carbocycles. The van der Waals surface area contributed by atoms with Gasteiger partial charge in [0.1, 0.15) is 17.1 Å². The molecule has 6 heteroatoms. The molecule has 0 saturated carbocycles. The molecule has 0 fully saturated rings. The summed E-state index contributed by atoms with van der Waals surface area (Å²) in [5.41, 5.74) is 1.40. The number of carbonyl (C=O) groups is 1. The van der Waals surface area contributed by atoms with Crippen LogP contribution < -0.4 is 14.3 Å². The summed E-state index contributed by atoms with van der Waals surface area (Å²) in [6, 6.07) is 17.7. The number of fused-ring (bicyclic) bond motifs is 3. The highest BCUT2D eigenvalue weighted by atomic mass is 32.1. The van der Waals surface area contributed by atoms with Crippen LogP contribution in [0.4, 0.5) is 0 Å². The van der Waals surface area contributed by atoms with Gasteiger partial charge in [0.15, 0.2) is 4.80 Å². The van der Waals surface area contributed by atoms with E-state index in [1.54, 1.807) is 18.2 Å². The molecule has 1 aromatic heterocycles. The van der Waals surface area contributed by atoms with Crippen LogP contribution in [0.2, 0.25) is 0 Å². The van der Waals surface area contributed by atoms with Crippen LogP contribution in [0.3, 0.4) is 0 Å². The van der Waals surface area contributed by atoms with Gasteiger partial charge >= 0.3 is 0 Å². The van der Waals surface area contributed by atoms with Gasteiger partial charge in [0.25, 0.3) is 5.91 Å². The highest BCUT2D eigenvalue weighted by molar-refractivity contribution is 7.17. The van der Waals surface area contributed by atoms with E-state index in [0.29, 0.717) is 28.4 Å². The summed E-state index contributed by atoms with van der Waals surface area (Å²) >= 11 is 1.52. The van der Waals surface area contributed by atoms with Crippen LogP contribution in [0.25, 0.3) is 21.0 Å². The summed E-state index contributed by atoms with van der Waals surface area (Å²) < 4.78 is 13.9. The van der Waals surface area contributed by atoms with Crippen LogP contribution in [-0.4, -0.2) is 24.7 Å². The van der Waals surface area contributed by atoms with Crippen molar-refractivity contribution in [2.75, 3.05) is 14.2 Å². The van der Waals surface area contributed by atoms with Crippen molar-refractivity contribution in [3.63, 3.8) is 0 Å². The first kappa shape index (κ1) is 18.3. The van der Waals surface area contributed by atoms with E-state index < -0.39 is 0 Å². The van der Waals surface area contributed by atoms with E-state index in [9.17, 15) is 4.79 Å². The van der Waals surface area contributed by atoms with Crippen molar-refractivity contribution in [3.05, 3.63) is 65.0 Å². The maximum absolute atomic E-state index is 13.0. The van der Waals surface area contributed by atoms with E-state index in [0.717, 1.165) is 15.6 Å². The fourth-order valence-electron chi connectivity index (χ4n) is 3.39. The Kier molecular flexibility index (Phi) is 4.88. The van der Waals surface area contributed by atoms with Gasteiger partial charge in [-0.3, -0.25) is 4.79 Å². The standard InChI is InChI=1S/C22H20N2O3S/c1-4-24-16-13-12-14-8-5-6-9-15(14)20(16)28-22(24)23-21(25)19-17(26-2)10-7-11-18(19)27-3/h5-13H,4H2,1-3H3. The predicted molar refractivity (Wildman–Crippen MR) is 112 cm³/mol. The maximum Gasteiger partial charge on any atom is 0.287 e. The molecule has 4 rings (SSSR count). The zero-order valence-electron chi connectivity index (χ0n) is 15.9. The highest BCUT2D eigenvalue weighted by Gasteiger charge is 2.18. The lowest BCUT2D eigenvalue weighted by Gasteiger charge is -2.09. The summed E-state index contributed by atoms with van der Waals surface area (Å²) in [5, 5.41) is 2.33. The highest BCUT2D eigenvalue weighted by Crippen LogP contribution is 2.30. The van der Waals surface area contributed by atoms with Crippen molar-refractivity contribution in [1.29, 1.82) is 0 Å². The molecular formula is C22H20N2O3S. The zero-order chi connectivity index (χ0) is 19.7. The molecule has 0 bridgehead atoms. The van der Waals surface area contributed by atoms with Crippen LogP contribution in [0.1, 0.15) is 17.3 Å². The molecule has 0 saturated heterocycles. The Hall–Kier alpha value is -3.12. The second-order valence-corrected chi connectivity index (χ2v) is 7.20. The monoisotopic (exact) mass is 392 g/mol. The lowest BCUT2D eigenvalue weighted by atomic mass is 10.1. The molecule has 0 aliphatic rings. The largest absolute Gasteiger partial charge is 0.496 e. The number of ether oxygens (including phenoxy) is 2. The number of hydrogen-bond donors (Lipinski definition) is 0. The Balaban J connectivity index is 1.95. The molecule has 0 aliphatic heterocycles. The molecule has 1 amide bonds. The number of rotatable bonds is 4. The van der Waals surface area contributed by atoms with E-state index in [-0.39, 0.29) is 5.91 Å². The Morgan fingerprint density at radius 2 is 1.71 bits per heavy atom. The van der Waals surface area contributed by atoms with Gasteiger partial charge in [-0.25, -0.2) is 0 Å². The van der Waals surface area contributed by atoms with E-state index >= 15 is 0 Å². The molecule has 0 atom stereocenters. The van der Waals surface area contributed by atoms with Gasteiger partial charge in [-0.15, -0.1) is 0 Å². The number of amides is 1. The Labute approximate surface area is 166 Å². The molecule has 0 N–H and O–H groups in total. The third kappa shape index (κ3) is 2.96. The molecule has 28 heavy (non-hydrogen) atoms. The van der Waals surface area contributed by atoms with Gasteiger partial charge in [-0.1, -0.05) is 47.7 Å². The smallest absolute Gasteiger partial charge is 0.287 e. The minimum Gasteiger partial charge on any atom is -0.496 e. The van der Waals surface area contributed by atoms with Crippen molar-refractivity contribution < 1.29 is 14.3 Å². The fraction of sp³-hybridized carbons (Fsp3) is 0.182. The van der Waals surface area contributed by atoms with Crippen LogP contribution in [-0.2, 0) is 6.54 Å². The van der Waals surface area contributed by atoms with Gasteiger partial charge in [0.2, 0.25) is 0 Å². The van der Waals surface area contributed by atoms with Crippen molar-refractivity contribution >= 4 is 38.2 Å². The number of aromatic nitrogens is 1. The molecule has 5 nitrogen and oxygen atoms in total. The molecule has 1 heterocycles. The molecule has 0 spiro atoms. The van der Waals surface area contributed by atoms with E-state index in [2.05, 4.69) is 40.7 Å². The van der Waals surface area contributed by atoms with Crippen molar-refractivity contribution in [1.82, 2.24) is 4.57 Å². The maximum atomic E-state index is 13.0.